The number of anilines is 1. The number of allylic oxidation sites excluding steroid dienone is 2. The minimum Gasteiger partial charge on any atom is -0.515 e. The molecule has 3 N–H and O–H groups in total. The summed E-state index contributed by atoms with van der Waals surface area (Å²) in [4.78, 5) is 2.06. The molecule has 2 aromatic carbocycles. The molecule has 0 atom stereocenters. The normalized spacial score (nSPS) is 12.6. The molecule has 1 heterocycles. The first kappa shape index (κ1) is 26.9. The van der Waals surface area contributed by atoms with Crippen LogP contribution in [-0.2, 0) is 0 Å². The Bertz CT molecular complexity index is 889. The second-order valence-corrected chi connectivity index (χ2v) is 5.83. The molecule has 162 valence electrons. The van der Waals surface area contributed by atoms with Crippen LogP contribution in [0.5, 0.6) is 0 Å². The molecule has 0 amide bonds. The van der Waals surface area contributed by atoms with Crippen molar-refractivity contribution >= 4 is 39.5 Å². The van der Waals surface area contributed by atoms with Crippen molar-refractivity contribution in [2.24, 2.45) is 5.10 Å². The predicted octanol–water partition coefficient (Wildman–Crippen LogP) is 6.65. The lowest BCUT2D eigenvalue weighted by Gasteiger charge is -2.28. The molecule has 0 bridgehead atoms. The van der Waals surface area contributed by atoms with Crippen molar-refractivity contribution in [3.05, 3.63) is 79.3 Å². The van der Waals surface area contributed by atoms with E-state index in [4.69, 9.17) is 22.4 Å². The van der Waals surface area contributed by atoms with Crippen molar-refractivity contribution in [2.45, 2.75) is 34.6 Å². The third-order valence-corrected chi connectivity index (χ3v) is 3.84. The summed E-state index contributed by atoms with van der Waals surface area (Å²) in [5, 5.41) is 23.3. The fourth-order valence-electron chi connectivity index (χ4n) is 2.37. The Morgan fingerprint density at radius 2 is 1.77 bits per heavy atom. The van der Waals surface area contributed by atoms with Crippen molar-refractivity contribution in [3.63, 3.8) is 0 Å². The molecule has 0 aromatic heterocycles. The van der Waals surface area contributed by atoms with Crippen molar-refractivity contribution in [2.75, 3.05) is 11.4 Å². The average Bonchev–Trinajstić information content (AvgIpc) is 2.78. The molecular weight excluding hydrogens is 394 g/mol. The Balaban J connectivity index is 0.000000719. The molecule has 2 aromatic rings. The van der Waals surface area contributed by atoms with Crippen molar-refractivity contribution in [3.8, 4) is 0 Å². The molecular formula is C24H33N3O2S. The van der Waals surface area contributed by atoms with Crippen LogP contribution in [-0.4, -0.2) is 27.6 Å². The quantitative estimate of drug-likeness (QED) is 0.291. The first-order chi connectivity index (χ1) is 14.5. The number of hydrazone groups is 1. The van der Waals surface area contributed by atoms with Crippen molar-refractivity contribution < 1.29 is 10.2 Å². The Hall–Kier alpha value is -3.12. The van der Waals surface area contributed by atoms with E-state index >= 15 is 0 Å². The number of fused-ring (bicyclic) bond motifs is 1. The second-order valence-electron chi connectivity index (χ2n) is 5.44. The minimum atomic E-state index is -0.141. The van der Waals surface area contributed by atoms with E-state index in [0.29, 0.717) is 11.7 Å². The van der Waals surface area contributed by atoms with Gasteiger partial charge in [0.05, 0.1) is 18.5 Å². The van der Waals surface area contributed by atoms with E-state index in [1.165, 1.54) is 10.8 Å². The molecule has 0 aliphatic carbocycles. The highest BCUT2D eigenvalue weighted by atomic mass is 32.1. The lowest BCUT2D eigenvalue weighted by Crippen LogP contribution is -2.45. The summed E-state index contributed by atoms with van der Waals surface area (Å²) in [6, 6.07) is 14.7. The Morgan fingerprint density at radius 1 is 1.13 bits per heavy atom. The number of hydrogen-bond acceptors (Lipinski definition) is 4. The molecule has 0 spiro atoms. The van der Waals surface area contributed by atoms with Crippen LogP contribution >= 0.6 is 12.2 Å². The summed E-state index contributed by atoms with van der Waals surface area (Å²) >= 11 is 5.35. The summed E-state index contributed by atoms with van der Waals surface area (Å²) in [6.07, 6.45) is 5.78. The molecule has 0 fully saturated rings. The Kier molecular flexibility index (Phi) is 14.1. The van der Waals surface area contributed by atoms with Crippen LogP contribution in [0.25, 0.3) is 10.8 Å². The number of aliphatic hydroxyl groups is 2. The van der Waals surface area contributed by atoms with E-state index in [-0.39, 0.29) is 5.76 Å². The smallest absolute Gasteiger partial charge is 0.194 e. The highest BCUT2D eigenvalue weighted by Gasteiger charge is 2.18. The minimum absolute atomic E-state index is 0.141. The molecule has 0 unspecified atom stereocenters. The maximum atomic E-state index is 8.11. The summed E-state index contributed by atoms with van der Waals surface area (Å²) in [6.45, 7) is 13.7. The monoisotopic (exact) mass is 427 g/mol. The zero-order valence-corrected chi connectivity index (χ0v) is 19.3. The van der Waals surface area contributed by atoms with E-state index in [1.807, 2.05) is 58.9 Å². The fourth-order valence-corrected chi connectivity index (χ4v) is 2.59. The molecule has 30 heavy (non-hydrogen) atoms. The number of nitrogens with one attached hydrogen (secondary N) is 1. The van der Waals surface area contributed by atoms with E-state index in [2.05, 4.69) is 52.3 Å². The number of benzene rings is 2. The standard InChI is InChI=1S/C16H15N3S.C4H6O2.2C2H6/c1-2-5-14-11-19(16(20)18-17-14)15-9-8-12-6-3-4-7-13(12)10-15;1-4(6)2-3-5;2*1-2/h2-10H,11H2,1H3,(H,18,20);2-3,5-6H,1H2;2*1-2H3/b5-2+;3-2+;;. The fraction of sp³-hybridized carbons (Fsp3) is 0.250. The van der Waals surface area contributed by atoms with Crippen LogP contribution in [0, 0.1) is 0 Å². The van der Waals surface area contributed by atoms with Crippen LogP contribution in [0.1, 0.15) is 34.6 Å². The van der Waals surface area contributed by atoms with Crippen molar-refractivity contribution in [1.29, 1.82) is 0 Å². The average molecular weight is 428 g/mol. The summed E-state index contributed by atoms with van der Waals surface area (Å²) in [7, 11) is 0. The van der Waals surface area contributed by atoms with Gasteiger partial charge in [0.1, 0.15) is 5.76 Å². The van der Waals surface area contributed by atoms with Gasteiger partial charge in [-0.15, -0.1) is 0 Å². The van der Waals surface area contributed by atoms with E-state index in [9.17, 15) is 0 Å². The van der Waals surface area contributed by atoms with Gasteiger partial charge in [0.25, 0.3) is 0 Å². The largest absolute Gasteiger partial charge is 0.515 e. The lowest BCUT2D eigenvalue weighted by atomic mass is 10.1. The SMILES string of the molecule is C/C=C/C1=NNC(=S)N(c2ccc3ccccc3c2)C1.C=C(O)/C=C/O.CC.CC. The third-order valence-electron chi connectivity index (χ3n) is 3.53. The molecule has 1 aliphatic heterocycles. The highest BCUT2D eigenvalue weighted by molar-refractivity contribution is 7.80. The summed E-state index contributed by atoms with van der Waals surface area (Å²) in [5.41, 5.74) is 4.96. The third kappa shape index (κ3) is 8.92. The van der Waals surface area contributed by atoms with Crippen LogP contribution in [0.3, 0.4) is 0 Å². The highest BCUT2D eigenvalue weighted by Crippen LogP contribution is 2.23. The van der Waals surface area contributed by atoms with Crippen LogP contribution < -0.4 is 10.3 Å². The van der Waals surface area contributed by atoms with Gasteiger partial charge in [0.15, 0.2) is 5.11 Å². The molecule has 6 heteroatoms. The van der Waals surface area contributed by atoms with Crippen LogP contribution in [0.2, 0.25) is 0 Å². The predicted molar refractivity (Wildman–Crippen MR) is 136 cm³/mol. The van der Waals surface area contributed by atoms with E-state index < -0.39 is 0 Å². The lowest BCUT2D eigenvalue weighted by molar-refractivity contribution is 0.423. The van der Waals surface area contributed by atoms with E-state index in [0.717, 1.165) is 23.7 Å². The first-order valence-electron chi connectivity index (χ1n) is 9.99. The molecule has 3 rings (SSSR count). The van der Waals surface area contributed by atoms with Gasteiger partial charge in [-0.2, -0.15) is 5.10 Å². The second kappa shape index (κ2) is 15.8. The number of aliphatic hydroxyl groups excluding tert-OH is 2. The van der Waals surface area contributed by atoms with Crippen molar-refractivity contribution in [1.82, 2.24) is 5.43 Å². The van der Waals surface area contributed by atoms with Gasteiger partial charge < -0.3 is 15.1 Å². The zero-order valence-electron chi connectivity index (χ0n) is 18.5. The van der Waals surface area contributed by atoms with Gasteiger partial charge >= 0.3 is 0 Å². The summed E-state index contributed by atoms with van der Waals surface area (Å²) in [5.74, 6) is -0.141. The van der Waals surface area contributed by atoms with E-state index in [1.54, 1.807) is 0 Å². The number of thiocarbonyl (C=S) groups is 1. The van der Waals surface area contributed by atoms with Gasteiger partial charge in [-0.05, 0) is 48.1 Å². The topological polar surface area (TPSA) is 68.1 Å². The first-order valence-corrected chi connectivity index (χ1v) is 10.4. The van der Waals surface area contributed by atoms with Gasteiger partial charge in [-0.3, -0.25) is 5.43 Å². The number of hydrogen-bond donors (Lipinski definition) is 3. The Morgan fingerprint density at radius 3 is 2.30 bits per heavy atom. The molecule has 0 radical (unpaired) electrons. The summed E-state index contributed by atoms with van der Waals surface area (Å²) < 4.78 is 0. The van der Waals surface area contributed by atoms with Crippen LogP contribution in [0.15, 0.2) is 84.4 Å². The van der Waals surface area contributed by atoms with Gasteiger partial charge in [-0.1, -0.05) is 70.7 Å². The van der Waals surface area contributed by atoms with Crippen LogP contribution in [0.4, 0.5) is 5.69 Å². The number of rotatable bonds is 3. The van der Waals surface area contributed by atoms with Gasteiger partial charge in [0.2, 0.25) is 0 Å². The zero-order chi connectivity index (χ0) is 22.9. The molecule has 0 saturated carbocycles. The van der Waals surface area contributed by atoms with Gasteiger partial charge in [-0.25, -0.2) is 0 Å². The maximum absolute atomic E-state index is 8.11. The molecule has 5 nitrogen and oxygen atoms in total. The molecule has 1 aliphatic rings. The Labute approximate surface area is 185 Å². The molecule has 0 saturated heterocycles. The maximum Gasteiger partial charge on any atom is 0.194 e. The number of nitrogens with zero attached hydrogens (tertiary/aromatic N) is 2. The van der Waals surface area contributed by atoms with Gasteiger partial charge in [0, 0.05) is 11.8 Å².